The van der Waals surface area contributed by atoms with E-state index in [1.165, 1.54) is 24.4 Å². The van der Waals surface area contributed by atoms with Gasteiger partial charge >= 0.3 is 0 Å². The van der Waals surface area contributed by atoms with Crippen molar-refractivity contribution in [1.29, 1.82) is 0 Å². The summed E-state index contributed by atoms with van der Waals surface area (Å²) in [5.41, 5.74) is 1.93. The second-order valence-electron chi connectivity index (χ2n) is 6.07. The number of rotatable bonds is 10. The molecule has 0 unspecified atom stereocenters. The van der Waals surface area contributed by atoms with E-state index in [0.717, 1.165) is 12.1 Å². The van der Waals surface area contributed by atoms with Gasteiger partial charge in [0.25, 0.3) is 5.91 Å². The molecule has 3 rings (SSSR count). The molecule has 29 heavy (non-hydrogen) atoms. The third-order valence-electron chi connectivity index (χ3n) is 3.98. The fourth-order valence-corrected chi connectivity index (χ4v) is 3.23. The zero-order valence-corrected chi connectivity index (χ0v) is 17.1. The van der Waals surface area contributed by atoms with Gasteiger partial charge in [-0.25, -0.2) is 4.68 Å². The summed E-state index contributed by atoms with van der Waals surface area (Å²) in [7, 11) is 3.30. The molecule has 1 aromatic carbocycles. The molecular formula is C19H22N6O3S. The highest BCUT2D eigenvalue weighted by molar-refractivity contribution is 7.98. The number of thioether (sulfide) groups is 1. The Morgan fingerprint density at radius 3 is 2.79 bits per heavy atom. The fourth-order valence-electron chi connectivity index (χ4n) is 2.48. The molecule has 0 saturated heterocycles. The molecule has 0 spiro atoms. The average molecular weight is 414 g/mol. The van der Waals surface area contributed by atoms with Crippen LogP contribution >= 0.6 is 11.8 Å². The molecule has 0 radical (unpaired) electrons. The van der Waals surface area contributed by atoms with Gasteiger partial charge in [-0.3, -0.25) is 9.78 Å². The number of nitrogens with zero attached hydrogens (tertiary/aromatic N) is 5. The standard InChI is InChI=1S/C19H22N6O3S/c1-25-19(22-23-24-25)29-13-15-10-16(17(27-2)11-21-15)28-12-18(26)20-9-8-14-6-4-3-5-7-14/h3-7,10-11H,8-9,12-13H2,1-2H3,(H,20,26). The molecular weight excluding hydrogens is 392 g/mol. The van der Waals surface area contributed by atoms with E-state index in [4.69, 9.17) is 9.47 Å². The van der Waals surface area contributed by atoms with Crippen LogP contribution in [0.5, 0.6) is 11.5 Å². The topological polar surface area (TPSA) is 104 Å². The van der Waals surface area contributed by atoms with Gasteiger partial charge in [0.1, 0.15) is 0 Å². The Morgan fingerprint density at radius 1 is 1.24 bits per heavy atom. The molecule has 0 saturated carbocycles. The zero-order chi connectivity index (χ0) is 20.5. The molecule has 0 aliphatic carbocycles. The minimum Gasteiger partial charge on any atom is -0.491 e. The van der Waals surface area contributed by atoms with Crippen LogP contribution in [-0.4, -0.2) is 51.4 Å². The Morgan fingerprint density at radius 2 is 2.07 bits per heavy atom. The Kier molecular flexibility index (Phi) is 7.40. The number of tetrazole rings is 1. The molecule has 10 heteroatoms. The highest BCUT2D eigenvalue weighted by atomic mass is 32.2. The largest absolute Gasteiger partial charge is 0.491 e. The molecule has 0 fully saturated rings. The smallest absolute Gasteiger partial charge is 0.257 e. The highest BCUT2D eigenvalue weighted by Crippen LogP contribution is 2.28. The second kappa shape index (κ2) is 10.4. The molecule has 152 valence electrons. The van der Waals surface area contributed by atoms with Crippen LogP contribution in [0.2, 0.25) is 0 Å². The lowest BCUT2D eigenvalue weighted by molar-refractivity contribution is -0.123. The van der Waals surface area contributed by atoms with Crippen molar-refractivity contribution in [2.75, 3.05) is 20.3 Å². The molecule has 1 N–H and O–H groups in total. The number of amides is 1. The summed E-state index contributed by atoms with van der Waals surface area (Å²) in [4.78, 5) is 16.4. The molecule has 2 aromatic heterocycles. The van der Waals surface area contributed by atoms with Crippen molar-refractivity contribution in [3.8, 4) is 11.5 Å². The number of carbonyl (C=O) groups is 1. The van der Waals surface area contributed by atoms with Crippen LogP contribution in [0.25, 0.3) is 0 Å². The molecule has 3 aromatic rings. The number of pyridine rings is 1. The monoisotopic (exact) mass is 414 g/mol. The van der Waals surface area contributed by atoms with E-state index in [0.29, 0.717) is 29.0 Å². The first-order valence-electron chi connectivity index (χ1n) is 8.97. The molecule has 0 aliphatic rings. The number of aromatic nitrogens is 5. The van der Waals surface area contributed by atoms with E-state index in [-0.39, 0.29) is 12.5 Å². The first-order chi connectivity index (χ1) is 14.2. The predicted octanol–water partition coefficient (Wildman–Crippen LogP) is 1.64. The zero-order valence-electron chi connectivity index (χ0n) is 16.2. The van der Waals surface area contributed by atoms with Crippen LogP contribution in [0.3, 0.4) is 0 Å². The number of ether oxygens (including phenoxy) is 2. The second-order valence-corrected chi connectivity index (χ2v) is 7.02. The third-order valence-corrected chi connectivity index (χ3v) is 5.02. The number of benzene rings is 1. The van der Waals surface area contributed by atoms with Crippen LogP contribution < -0.4 is 14.8 Å². The first kappa shape index (κ1) is 20.6. The van der Waals surface area contributed by atoms with Crippen molar-refractivity contribution in [1.82, 2.24) is 30.5 Å². The summed E-state index contributed by atoms with van der Waals surface area (Å²) < 4.78 is 12.5. The van der Waals surface area contributed by atoms with Crippen molar-refractivity contribution in [3.63, 3.8) is 0 Å². The van der Waals surface area contributed by atoms with Crippen molar-refractivity contribution >= 4 is 17.7 Å². The number of hydrogen-bond acceptors (Lipinski definition) is 8. The van der Waals surface area contributed by atoms with E-state index in [1.807, 2.05) is 30.3 Å². The summed E-state index contributed by atoms with van der Waals surface area (Å²) in [5.74, 6) is 1.29. The summed E-state index contributed by atoms with van der Waals surface area (Å²) in [6.07, 6.45) is 2.34. The van der Waals surface area contributed by atoms with Gasteiger partial charge in [-0.15, -0.1) is 5.10 Å². The maximum absolute atomic E-state index is 12.1. The summed E-state index contributed by atoms with van der Waals surface area (Å²) in [6.45, 7) is 0.447. The number of carbonyl (C=O) groups excluding carboxylic acids is 1. The van der Waals surface area contributed by atoms with Crippen molar-refractivity contribution in [2.24, 2.45) is 7.05 Å². The Bertz CT molecular complexity index is 935. The predicted molar refractivity (Wildman–Crippen MR) is 108 cm³/mol. The minimum absolute atomic E-state index is 0.102. The van der Waals surface area contributed by atoms with Crippen LogP contribution in [0.15, 0.2) is 47.8 Å². The third kappa shape index (κ3) is 6.18. The molecule has 0 bridgehead atoms. The maximum Gasteiger partial charge on any atom is 0.257 e. The molecule has 0 atom stereocenters. The number of hydrogen-bond donors (Lipinski definition) is 1. The lowest BCUT2D eigenvalue weighted by atomic mass is 10.1. The average Bonchev–Trinajstić information content (AvgIpc) is 3.16. The van der Waals surface area contributed by atoms with Crippen LogP contribution in [0, 0.1) is 0 Å². The summed E-state index contributed by atoms with van der Waals surface area (Å²) in [6, 6.07) is 11.7. The molecule has 9 nitrogen and oxygen atoms in total. The van der Waals surface area contributed by atoms with Crippen LogP contribution in [-0.2, 0) is 24.0 Å². The van der Waals surface area contributed by atoms with E-state index in [9.17, 15) is 4.79 Å². The number of aryl methyl sites for hydroxylation is 1. The number of nitrogens with one attached hydrogen (secondary N) is 1. The van der Waals surface area contributed by atoms with E-state index in [2.05, 4.69) is 25.8 Å². The maximum atomic E-state index is 12.1. The minimum atomic E-state index is -0.194. The SMILES string of the molecule is COc1cnc(CSc2nnnn2C)cc1OCC(=O)NCCc1ccccc1. The Hall–Kier alpha value is -3.14. The number of methoxy groups -OCH3 is 1. The van der Waals surface area contributed by atoms with Crippen molar-refractivity contribution in [2.45, 2.75) is 17.3 Å². The fraction of sp³-hybridized carbons (Fsp3) is 0.316. The van der Waals surface area contributed by atoms with Crippen molar-refractivity contribution in [3.05, 3.63) is 53.9 Å². The van der Waals surface area contributed by atoms with Gasteiger partial charge in [-0.05, 0) is 22.4 Å². The van der Waals surface area contributed by atoms with Crippen molar-refractivity contribution < 1.29 is 14.3 Å². The van der Waals surface area contributed by atoms with Crippen LogP contribution in [0.4, 0.5) is 0 Å². The van der Waals surface area contributed by atoms with Crippen LogP contribution in [0.1, 0.15) is 11.3 Å². The van der Waals surface area contributed by atoms with Gasteiger partial charge in [0, 0.05) is 25.4 Å². The molecule has 0 aliphatic heterocycles. The lowest BCUT2D eigenvalue weighted by Crippen LogP contribution is -2.30. The quantitative estimate of drug-likeness (QED) is 0.500. The normalized spacial score (nSPS) is 10.6. The Labute approximate surface area is 172 Å². The van der Waals surface area contributed by atoms with Gasteiger partial charge in [-0.2, -0.15) is 0 Å². The molecule has 2 heterocycles. The summed E-state index contributed by atoms with van der Waals surface area (Å²) in [5, 5.41) is 14.9. The highest BCUT2D eigenvalue weighted by Gasteiger charge is 2.11. The Balaban J connectivity index is 1.50. The van der Waals surface area contributed by atoms with Gasteiger partial charge in [0.05, 0.1) is 19.0 Å². The molecule has 1 amide bonds. The van der Waals surface area contributed by atoms with Gasteiger partial charge < -0.3 is 14.8 Å². The first-order valence-corrected chi connectivity index (χ1v) is 9.95. The van der Waals surface area contributed by atoms with Gasteiger partial charge in [-0.1, -0.05) is 42.1 Å². The van der Waals surface area contributed by atoms with E-state index >= 15 is 0 Å². The van der Waals surface area contributed by atoms with Gasteiger partial charge in [0.15, 0.2) is 18.1 Å². The van der Waals surface area contributed by atoms with E-state index in [1.54, 1.807) is 24.0 Å². The summed E-state index contributed by atoms with van der Waals surface area (Å²) >= 11 is 1.45. The lowest BCUT2D eigenvalue weighted by Gasteiger charge is -2.12. The van der Waals surface area contributed by atoms with E-state index < -0.39 is 0 Å². The van der Waals surface area contributed by atoms with Gasteiger partial charge in [0.2, 0.25) is 5.16 Å².